The molecule has 1 heterocycles. The smallest absolute Gasteiger partial charge is 0 e. The van der Waals surface area contributed by atoms with Gasteiger partial charge in [0.2, 0.25) is 0 Å². The van der Waals surface area contributed by atoms with E-state index in [9.17, 15) is 18.0 Å². The average molecular weight is 785 g/mol. The quantitative estimate of drug-likeness (QED) is 0.0977. The Morgan fingerprint density at radius 3 is 2.15 bits per heavy atom. The van der Waals surface area contributed by atoms with Crippen molar-refractivity contribution in [3.05, 3.63) is 95.4 Å². The van der Waals surface area contributed by atoms with Gasteiger partial charge in [0.05, 0.1) is 5.76 Å². The minimum Gasteiger partial charge on any atom is 0 e. The van der Waals surface area contributed by atoms with Gasteiger partial charge >= 0.3 is 184 Å². The Labute approximate surface area is 250 Å². The number of rotatable bonds is 4. The zero-order chi connectivity index (χ0) is 29.1. The third-order valence-electron chi connectivity index (χ3n) is 6.25. The summed E-state index contributed by atoms with van der Waals surface area (Å²) in [6.07, 6.45) is -1.61. The van der Waals surface area contributed by atoms with Crippen molar-refractivity contribution in [3.8, 4) is 22.4 Å². The number of carbonyl (C=O) groups is 1. The Kier molecular flexibility index (Phi) is 11.1. The monoisotopic (exact) mass is 787 g/mol. The van der Waals surface area contributed by atoms with Crippen molar-refractivity contribution in [1.82, 2.24) is 4.98 Å². The molecule has 3 nitrogen and oxygen atoms in total. The number of halogens is 3. The van der Waals surface area contributed by atoms with Crippen LogP contribution in [0.4, 0.5) is 13.2 Å². The van der Waals surface area contributed by atoms with Gasteiger partial charge in [-0.25, -0.2) is 0 Å². The summed E-state index contributed by atoms with van der Waals surface area (Å²) in [5.74, 6) is 6.24. The maximum Gasteiger partial charge on any atom is 0 e. The number of aryl methyl sites for hydroxylation is 2. The minimum atomic E-state index is -4.43. The van der Waals surface area contributed by atoms with E-state index in [0.717, 1.165) is 26.3 Å². The number of pyridine rings is 1. The van der Waals surface area contributed by atoms with Gasteiger partial charge in [0.1, 0.15) is 0 Å². The molecule has 0 saturated heterocycles. The van der Waals surface area contributed by atoms with Crippen LogP contribution in [0.3, 0.4) is 0 Å². The molecule has 0 spiro atoms. The fraction of sp³-hybridized carbons (Fsp3) is 0.250. The SMILES string of the molecule is CC(=O)/C=C(/C)O.Cc1cnc(-c2[c-]c3ccccc3c(C)c2)cc1-c1cc[c]([Ge]([CH3])([CH3])[CH3])cc1C(F)(F)F.[Ir]. The van der Waals surface area contributed by atoms with Gasteiger partial charge in [0.25, 0.3) is 0 Å². The maximum atomic E-state index is 14.1. The topological polar surface area (TPSA) is 50.2 Å². The van der Waals surface area contributed by atoms with Crippen LogP contribution < -0.4 is 4.40 Å². The second-order valence-corrected chi connectivity index (χ2v) is 21.4. The molecule has 0 bridgehead atoms. The van der Waals surface area contributed by atoms with E-state index >= 15 is 0 Å². The van der Waals surface area contributed by atoms with Gasteiger partial charge in [-0.3, -0.25) is 4.79 Å². The van der Waals surface area contributed by atoms with Crippen LogP contribution >= 0.6 is 0 Å². The summed E-state index contributed by atoms with van der Waals surface area (Å²) in [4.78, 5) is 14.5. The van der Waals surface area contributed by atoms with E-state index in [0.29, 0.717) is 16.8 Å². The summed E-state index contributed by atoms with van der Waals surface area (Å²) in [7, 11) is 0. The fourth-order valence-electron chi connectivity index (χ4n) is 4.28. The molecule has 1 radical (unpaired) electrons. The number of carbonyl (C=O) groups excluding carboxylic acids is 1. The molecule has 8 heteroatoms. The number of nitrogens with zero attached hydrogens (tertiary/aromatic N) is 1. The van der Waals surface area contributed by atoms with Gasteiger partial charge in [-0.15, -0.1) is 0 Å². The van der Waals surface area contributed by atoms with Crippen molar-refractivity contribution in [2.24, 2.45) is 0 Å². The number of aliphatic hydroxyl groups excluding tert-OH is 1. The molecule has 1 N–H and O–H groups in total. The predicted octanol–water partition coefficient (Wildman–Crippen LogP) is 8.58. The molecule has 213 valence electrons. The van der Waals surface area contributed by atoms with Crippen LogP contribution in [0.1, 0.15) is 30.5 Å². The molecule has 4 rings (SSSR count). The summed E-state index contributed by atoms with van der Waals surface area (Å²) in [5, 5.41) is 10.4. The zero-order valence-electron chi connectivity index (χ0n) is 23.6. The predicted molar refractivity (Wildman–Crippen MR) is 156 cm³/mol. The zero-order valence-corrected chi connectivity index (χ0v) is 28.1. The summed E-state index contributed by atoms with van der Waals surface area (Å²) in [6, 6.07) is 20.0. The number of hydrogen-bond acceptors (Lipinski definition) is 3. The second-order valence-electron chi connectivity index (χ2n) is 10.7. The third-order valence-corrected chi connectivity index (χ3v) is 10.5. The molecule has 0 atom stereocenters. The van der Waals surface area contributed by atoms with Crippen LogP contribution in [0.15, 0.2) is 72.6 Å². The molecule has 0 amide bonds. The molecule has 40 heavy (non-hydrogen) atoms. The maximum absolute atomic E-state index is 14.1. The Balaban J connectivity index is 0.000000623. The van der Waals surface area contributed by atoms with Crippen LogP contribution in [-0.2, 0) is 31.1 Å². The molecular weight excluding hydrogens is 752 g/mol. The number of ketones is 1. The van der Waals surface area contributed by atoms with Crippen molar-refractivity contribution in [2.75, 3.05) is 0 Å². The van der Waals surface area contributed by atoms with E-state index in [4.69, 9.17) is 5.11 Å². The first-order valence-corrected chi connectivity index (χ1v) is 19.9. The molecule has 3 aromatic carbocycles. The largest absolute Gasteiger partial charge is 0 e. The number of allylic oxidation sites excluding steroid dienone is 2. The molecule has 0 fully saturated rings. The van der Waals surface area contributed by atoms with Gasteiger partial charge < -0.3 is 5.11 Å². The van der Waals surface area contributed by atoms with Crippen molar-refractivity contribution in [2.45, 2.75) is 51.1 Å². The Hall–Kier alpha value is -2.74. The Morgan fingerprint density at radius 1 is 0.950 bits per heavy atom. The molecule has 0 unspecified atom stereocenters. The van der Waals surface area contributed by atoms with Gasteiger partial charge in [-0.05, 0) is 13.8 Å². The summed E-state index contributed by atoms with van der Waals surface area (Å²) in [6.45, 7) is 6.67. The van der Waals surface area contributed by atoms with Gasteiger partial charge in [0.15, 0.2) is 5.78 Å². The number of hydrogen-bond donors (Lipinski definition) is 1. The normalized spacial score (nSPS) is 11.9. The van der Waals surface area contributed by atoms with Crippen LogP contribution in [0, 0.1) is 19.9 Å². The van der Waals surface area contributed by atoms with Crippen LogP contribution in [0.2, 0.25) is 17.3 Å². The molecule has 0 aliphatic heterocycles. The van der Waals surface area contributed by atoms with E-state index in [2.05, 4.69) is 28.3 Å². The molecule has 0 aliphatic rings. The van der Waals surface area contributed by atoms with Crippen molar-refractivity contribution in [3.63, 3.8) is 0 Å². The van der Waals surface area contributed by atoms with Crippen LogP contribution in [0.25, 0.3) is 33.2 Å². The molecule has 4 aromatic rings. The van der Waals surface area contributed by atoms with Crippen molar-refractivity contribution in [1.29, 1.82) is 0 Å². The number of fused-ring (bicyclic) bond motifs is 1. The first kappa shape index (κ1) is 33.5. The van der Waals surface area contributed by atoms with E-state index < -0.39 is 25.0 Å². The fourth-order valence-corrected chi connectivity index (χ4v) is 6.72. The molecule has 1 aromatic heterocycles. The Morgan fingerprint density at radius 2 is 1.60 bits per heavy atom. The number of aliphatic hydroxyl groups is 1. The van der Waals surface area contributed by atoms with Crippen molar-refractivity contribution >= 4 is 34.2 Å². The number of aromatic nitrogens is 1. The molecule has 0 saturated carbocycles. The van der Waals surface area contributed by atoms with Gasteiger partial charge in [-0.1, -0.05) is 6.07 Å². The van der Waals surface area contributed by atoms with E-state index in [-0.39, 0.29) is 37.2 Å². The first-order valence-electron chi connectivity index (χ1n) is 12.6. The second kappa shape index (κ2) is 13.3. The van der Waals surface area contributed by atoms with Crippen LogP contribution in [0.5, 0.6) is 0 Å². The van der Waals surface area contributed by atoms with Crippen molar-refractivity contribution < 1.29 is 43.2 Å². The minimum absolute atomic E-state index is 0. The average Bonchev–Trinajstić information content (AvgIpc) is 2.82. The van der Waals surface area contributed by atoms with E-state index in [1.54, 1.807) is 25.3 Å². The molecular formula is C32H33F3GeIrNO2-. The Bertz CT molecular complexity index is 1550. The summed E-state index contributed by atoms with van der Waals surface area (Å²) < 4.78 is 43.1. The first-order chi connectivity index (χ1) is 18.1. The third kappa shape index (κ3) is 8.38. The van der Waals surface area contributed by atoms with E-state index in [1.165, 1.54) is 26.0 Å². The summed E-state index contributed by atoms with van der Waals surface area (Å²) in [5.41, 5.74) is 3.36. The van der Waals surface area contributed by atoms with E-state index in [1.807, 2.05) is 43.3 Å². The number of benzene rings is 3. The number of alkyl halides is 3. The van der Waals surface area contributed by atoms with Gasteiger partial charge in [0, 0.05) is 26.2 Å². The van der Waals surface area contributed by atoms with Crippen LogP contribution in [-0.4, -0.2) is 29.1 Å². The van der Waals surface area contributed by atoms with Gasteiger partial charge in [-0.2, -0.15) is 0 Å². The summed E-state index contributed by atoms with van der Waals surface area (Å²) >= 11 is -2.42. The molecule has 0 aliphatic carbocycles. The standard InChI is InChI=1S/C27H25F3GeN.C5H8O2.Ir/c1-17-12-20(13-19-8-6-7-9-22(17)19)26-15-24(18(2)16-32-26)23-11-10-21(31(3,4)5)14-25(23)27(28,29)30;1-4(6)3-5(2)7;/h6-12,14-16H,1-5H3;3,6H,1-2H3;/q-1;;/b;4-3-;.